The van der Waals surface area contributed by atoms with Crippen molar-refractivity contribution < 1.29 is 4.74 Å². The first-order chi connectivity index (χ1) is 9.27. The number of aromatic nitrogens is 1. The van der Waals surface area contributed by atoms with Gasteiger partial charge in [0.2, 0.25) is 0 Å². The molecule has 0 aliphatic heterocycles. The molecule has 1 rings (SSSR count). The lowest BCUT2D eigenvalue weighted by Gasteiger charge is -2.33. The lowest BCUT2D eigenvalue weighted by Crippen LogP contribution is -2.37. The van der Waals surface area contributed by atoms with Crippen LogP contribution >= 0.6 is 0 Å². The molecule has 0 unspecified atom stereocenters. The molecule has 5 nitrogen and oxygen atoms in total. The standard InChI is InChI=1S/C15H24N4O/c1-10-9-11(2)15(16-12(10)3)17-13(4)18(6)19(7)14(5)20-8/h9H,4-5H2,1-3,6-8H3,(H,16,17). The summed E-state index contributed by atoms with van der Waals surface area (Å²) in [6.45, 7) is 13.9. The molecule has 0 aliphatic rings. The molecule has 5 heteroatoms. The van der Waals surface area contributed by atoms with Gasteiger partial charge < -0.3 is 10.1 Å². The minimum absolute atomic E-state index is 0.528. The maximum atomic E-state index is 5.10. The van der Waals surface area contributed by atoms with E-state index in [1.165, 1.54) is 5.56 Å². The van der Waals surface area contributed by atoms with E-state index in [9.17, 15) is 0 Å². The van der Waals surface area contributed by atoms with E-state index in [1.807, 2.05) is 33.0 Å². The van der Waals surface area contributed by atoms with Gasteiger partial charge in [0, 0.05) is 19.8 Å². The largest absolute Gasteiger partial charge is 0.482 e. The van der Waals surface area contributed by atoms with Gasteiger partial charge in [-0.05, 0) is 38.5 Å². The number of hydrogen-bond donors (Lipinski definition) is 1. The molecule has 1 aromatic rings. The summed E-state index contributed by atoms with van der Waals surface area (Å²) in [7, 11) is 5.30. The van der Waals surface area contributed by atoms with Gasteiger partial charge in [-0.25, -0.2) is 4.98 Å². The number of aryl methyl sites for hydroxylation is 3. The van der Waals surface area contributed by atoms with Crippen LogP contribution in [0.1, 0.15) is 16.8 Å². The summed E-state index contributed by atoms with van der Waals surface area (Å²) in [6, 6.07) is 2.11. The highest BCUT2D eigenvalue weighted by atomic mass is 16.5. The number of ether oxygens (including phenoxy) is 1. The van der Waals surface area contributed by atoms with Gasteiger partial charge in [0.05, 0.1) is 7.11 Å². The van der Waals surface area contributed by atoms with Crippen LogP contribution in [0.2, 0.25) is 0 Å². The van der Waals surface area contributed by atoms with Crippen molar-refractivity contribution in [2.75, 3.05) is 26.5 Å². The van der Waals surface area contributed by atoms with Gasteiger partial charge in [-0.1, -0.05) is 12.6 Å². The van der Waals surface area contributed by atoms with Crippen LogP contribution in [0, 0.1) is 20.8 Å². The van der Waals surface area contributed by atoms with Crippen LogP contribution in [-0.4, -0.2) is 36.2 Å². The minimum atomic E-state index is 0.528. The van der Waals surface area contributed by atoms with Crippen LogP contribution in [0.3, 0.4) is 0 Å². The number of methoxy groups -OCH3 is 1. The van der Waals surface area contributed by atoms with Crippen molar-refractivity contribution in [3.05, 3.63) is 47.7 Å². The van der Waals surface area contributed by atoms with Gasteiger partial charge in [-0.3, -0.25) is 10.0 Å². The first-order valence-corrected chi connectivity index (χ1v) is 6.39. The van der Waals surface area contributed by atoms with E-state index >= 15 is 0 Å². The summed E-state index contributed by atoms with van der Waals surface area (Å²) in [5.41, 5.74) is 3.26. The van der Waals surface area contributed by atoms with Crippen LogP contribution in [0.5, 0.6) is 0 Å². The molecule has 0 aromatic carbocycles. The molecular formula is C15H24N4O. The normalized spacial score (nSPS) is 9.90. The molecule has 0 radical (unpaired) electrons. The van der Waals surface area contributed by atoms with Crippen molar-refractivity contribution in [3.63, 3.8) is 0 Å². The first kappa shape index (κ1) is 15.9. The summed E-state index contributed by atoms with van der Waals surface area (Å²) < 4.78 is 5.10. The monoisotopic (exact) mass is 276 g/mol. The molecule has 0 spiro atoms. The summed E-state index contributed by atoms with van der Waals surface area (Å²) in [5.74, 6) is 2.02. The summed E-state index contributed by atoms with van der Waals surface area (Å²) in [6.07, 6.45) is 0. The van der Waals surface area contributed by atoms with Gasteiger partial charge in [-0.2, -0.15) is 0 Å². The number of hydrogen-bond acceptors (Lipinski definition) is 5. The van der Waals surface area contributed by atoms with E-state index in [0.717, 1.165) is 17.1 Å². The van der Waals surface area contributed by atoms with E-state index in [0.29, 0.717) is 11.7 Å². The molecule has 1 N–H and O–H groups in total. The predicted octanol–water partition coefficient (Wildman–Crippen LogP) is 2.79. The second-order valence-electron chi connectivity index (χ2n) is 4.77. The third-order valence-electron chi connectivity index (χ3n) is 3.36. The van der Waals surface area contributed by atoms with Crippen molar-refractivity contribution in [2.45, 2.75) is 20.8 Å². The number of nitrogens with zero attached hydrogens (tertiary/aromatic N) is 3. The Balaban J connectivity index is 2.86. The molecule has 0 saturated carbocycles. The van der Waals surface area contributed by atoms with E-state index in [1.54, 1.807) is 12.1 Å². The highest BCUT2D eigenvalue weighted by Crippen LogP contribution is 2.18. The fraction of sp³-hybridized carbons (Fsp3) is 0.400. The van der Waals surface area contributed by atoms with Crippen molar-refractivity contribution >= 4 is 5.82 Å². The molecule has 1 aromatic heterocycles. The highest BCUT2D eigenvalue weighted by molar-refractivity contribution is 5.49. The molecule has 0 atom stereocenters. The van der Waals surface area contributed by atoms with Crippen molar-refractivity contribution in [1.29, 1.82) is 0 Å². The van der Waals surface area contributed by atoms with Crippen LogP contribution < -0.4 is 5.32 Å². The maximum absolute atomic E-state index is 5.10. The summed E-state index contributed by atoms with van der Waals surface area (Å²) in [5, 5.41) is 6.78. The second kappa shape index (κ2) is 6.32. The van der Waals surface area contributed by atoms with Gasteiger partial charge in [-0.15, -0.1) is 0 Å². The lowest BCUT2D eigenvalue weighted by molar-refractivity contribution is 0.0329. The molecule has 1 heterocycles. The maximum Gasteiger partial charge on any atom is 0.200 e. The van der Waals surface area contributed by atoms with Gasteiger partial charge in [0.15, 0.2) is 5.88 Å². The van der Waals surface area contributed by atoms with Gasteiger partial charge in [0.25, 0.3) is 0 Å². The topological polar surface area (TPSA) is 40.6 Å². The van der Waals surface area contributed by atoms with Crippen LogP contribution in [-0.2, 0) is 4.74 Å². The third-order valence-corrected chi connectivity index (χ3v) is 3.36. The number of anilines is 1. The zero-order chi connectivity index (χ0) is 15.4. The summed E-state index contributed by atoms with van der Waals surface area (Å²) >= 11 is 0. The van der Waals surface area contributed by atoms with Crippen molar-refractivity contribution in [3.8, 4) is 0 Å². The fourth-order valence-corrected chi connectivity index (χ4v) is 1.67. The number of rotatable bonds is 6. The van der Waals surface area contributed by atoms with Gasteiger partial charge >= 0.3 is 0 Å². The first-order valence-electron chi connectivity index (χ1n) is 6.39. The lowest BCUT2D eigenvalue weighted by atomic mass is 10.1. The Hall–Kier alpha value is -2.17. The Bertz CT molecular complexity index is 525. The van der Waals surface area contributed by atoms with E-state index in [2.05, 4.69) is 36.4 Å². The number of hydrazine groups is 1. The average molecular weight is 276 g/mol. The predicted molar refractivity (Wildman–Crippen MR) is 82.9 cm³/mol. The SMILES string of the molecule is C=C(Nc1nc(C)c(C)cc1C)N(C)N(C)C(=C)OC. The molecule has 110 valence electrons. The Labute approximate surface area is 121 Å². The quantitative estimate of drug-likeness (QED) is 0.639. The third kappa shape index (κ3) is 3.44. The van der Waals surface area contributed by atoms with Crippen molar-refractivity contribution in [2.24, 2.45) is 0 Å². The zero-order valence-electron chi connectivity index (χ0n) is 13.2. The molecular weight excluding hydrogens is 252 g/mol. The molecule has 0 amide bonds. The zero-order valence-corrected chi connectivity index (χ0v) is 13.2. The van der Waals surface area contributed by atoms with Gasteiger partial charge in [0.1, 0.15) is 11.6 Å². The molecule has 0 bridgehead atoms. The smallest absolute Gasteiger partial charge is 0.200 e. The fourth-order valence-electron chi connectivity index (χ4n) is 1.67. The number of pyridine rings is 1. The number of nitrogens with one attached hydrogen (secondary N) is 1. The highest BCUT2D eigenvalue weighted by Gasteiger charge is 2.12. The van der Waals surface area contributed by atoms with Crippen molar-refractivity contribution in [1.82, 2.24) is 15.0 Å². The Morgan fingerprint density at radius 2 is 1.75 bits per heavy atom. The summed E-state index contributed by atoms with van der Waals surface area (Å²) in [4.78, 5) is 4.55. The Kier molecular flexibility index (Phi) is 5.02. The average Bonchev–Trinajstić information content (AvgIpc) is 2.41. The van der Waals surface area contributed by atoms with Crippen LogP contribution in [0.25, 0.3) is 0 Å². The molecule has 0 saturated heterocycles. The molecule has 0 fully saturated rings. The van der Waals surface area contributed by atoms with E-state index in [-0.39, 0.29) is 0 Å². The van der Waals surface area contributed by atoms with E-state index < -0.39 is 0 Å². The van der Waals surface area contributed by atoms with Crippen LogP contribution in [0.4, 0.5) is 5.82 Å². The molecule has 0 aliphatic carbocycles. The minimum Gasteiger partial charge on any atom is -0.482 e. The van der Waals surface area contributed by atoms with Crippen LogP contribution in [0.15, 0.2) is 30.9 Å². The van der Waals surface area contributed by atoms with E-state index in [4.69, 9.17) is 4.74 Å². The molecule has 20 heavy (non-hydrogen) atoms. The Morgan fingerprint density at radius 1 is 1.15 bits per heavy atom. The second-order valence-corrected chi connectivity index (χ2v) is 4.77. The Morgan fingerprint density at radius 3 is 2.30 bits per heavy atom.